The normalized spacial score (nSPS) is 13.1. The Bertz CT molecular complexity index is 2170. The molecule has 0 aliphatic rings. The average Bonchev–Trinajstić information content (AvgIpc) is 3.47. The second-order valence-electron chi connectivity index (χ2n) is 21.2. The number of nitrogens with zero attached hydrogens (tertiary/aromatic N) is 2. The summed E-state index contributed by atoms with van der Waals surface area (Å²) in [7, 11) is -1.70. The molecule has 1 N–H and O–H groups in total. The van der Waals surface area contributed by atoms with Gasteiger partial charge in [0.25, 0.3) is 0 Å². The van der Waals surface area contributed by atoms with Crippen molar-refractivity contribution in [2.24, 2.45) is 53.3 Å². The van der Waals surface area contributed by atoms with Gasteiger partial charge in [-0.15, -0.1) is 40.5 Å². The Balaban J connectivity index is 0.000000409. The predicted molar refractivity (Wildman–Crippen MR) is 262 cm³/mol. The molecule has 0 amide bonds. The number of benzene rings is 3. The van der Waals surface area contributed by atoms with Gasteiger partial charge in [0.2, 0.25) is 0 Å². The Morgan fingerprint density at radius 2 is 1.27 bits per heavy atom. The zero-order chi connectivity index (χ0) is 44.1. The molecule has 0 aliphatic heterocycles. The molecule has 0 saturated carbocycles. The number of rotatable bonds is 15. The smallest absolute Gasteiger partial charge is 0.162 e. The van der Waals surface area contributed by atoms with Gasteiger partial charge in [-0.1, -0.05) is 182 Å². The topological polar surface area (TPSA) is 63.1 Å². The fourth-order valence-corrected chi connectivity index (χ4v) is 18.3. The van der Waals surface area contributed by atoms with Gasteiger partial charge >= 0.3 is 0 Å². The summed E-state index contributed by atoms with van der Waals surface area (Å²) in [6, 6.07) is 26.1. The second kappa shape index (κ2) is 21.6. The predicted octanol–water partition coefficient (Wildman–Crippen LogP) is 15.2. The van der Waals surface area contributed by atoms with E-state index in [2.05, 4.69) is 172 Å². The number of ketones is 1. The summed E-state index contributed by atoms with van der Waals surface area (Å²) in [4.78, 5) is 22.0. The minimum atomic E-state index is -1.70. The number of aromatic nitrogens is 2. The molecule has 331 valence electrons. The fourth-order valence-electron chi connectivity index (χ4n) is 10.2. The van der Waals surface area contributed by atoms with Crippen molar-refractivity contribution in [1.82, 2.24) is 9.97 Å². The molecule has 1 radical (unpaired) electrons. The van der Waals surface area contributed by atoms with Crippen molar-refractivity contribution >= 4 is 61.5 Å². The maximum absolute atomic E-state index is 12.3. The van der Waals surface area contributed by atoms with E-state index in [4.69, 9.17) is 9.97 Å². The van der Waals surface area contributed by atoms with Gasteiger partial charge in [0.1, 0.15) is 6.33 Å². The van der Waals surface area contributed by atoms with Gasteiger partial charge in [-0.3, -0.25) is 9.78 Å². The van der Waals surface area contributed by atoms with Crippen LogP contribution in [-0.2, 0) is 30.3 Å². The SMILES string of the molecule is CC(C)C(C(=O)/C=C(\O)C(C(C)C)C(C)C)C(C)C.CC(C)C[Si](CC(C)C)(CC(C)C)c1ccc2c(c1)sc1c(-c3[c-]c4ccccc4c(C(C)(C)C)c3)ncnc12.[Ir]. The summed E-state index contributed by atoms with van der Waals surface area (Å²) in [5.74, 6) is 3.75. The van der Waals surface area contributed by atoms with Crippen LogP contribution in [0.3, 0.4) is 0 Å². The summed E-state index contributed by atoms with van der Waals surface area (Å²) < 4.78 is 2.52. The average molecular weight is 1030 g/mol. The molecule has 0 aliphatic carbocycles. The molecular weight excluding hydrogens is 949 g/mol. The van der Waals surface area contributed by atoms with Crippen LogP contribution in [0.15, 0.2) is 66.7 Å². The third kappa shape index (κ3) is 12.5. The minimum absolute atomic E-state index is 0. The summed E-state index contributed by atoms with van der Waals surface area (Å²) in [5.41, 5.74) is 4.48. The number of hydrogen-bond acceptors (Lipinski definition) is 5. The molecule has 60 heavy (non-hydrogen) atoms. The van der Waals surface area contributed by atoms with Crippen LogP contribution in [0.25, 0.3) is 42.3 Å². The maximum Gasteiger partial charge on any atom is 0.162 e. The Morgan fingerprint density at radius 1 is 0.733 bits per heavy atom. The molecule has 0 fully saturated rings. The van der Waals surface area contributed by atoms with Crippen LogP contribution in [0.2, 0.25) is 18.1 Å². The summed E-state index contributed by atoms with van der Waals surface area (Å²) >= 11 is 1.87. The van der Waals surface area contributed by atoms with E-state index in [0.29, 0.717) is 41.4 Å². The molecule has 0 unspecified atom stereocenters. The molecule has 2 aromatic heterocycles. The van der Waals surface area contributed by atoms with Crippen molar-refractivity contribution in [1.29, 1.82) is 0 Å². The van der Waals surface area contributed by atoms with Crippen molar-refractivity contribution in [2.45, 2.75) is 141 Å². The van der Waals surface area contributed by atoms with Gasteiger partial charge in [-0.25, -0.2) is 4.98 Å². The third-order valence-electron chi connectivity index (χ3n) is 11.9. The quantitative estimate of drug-likeness (QED) is 0.0491. The molecule has 3 aromatic carbocycles. The van der Waals surface area contributed by atoms with Crippen molar-refractivity contribution in [3.63, 3.8) is 0 Å². The van der Waals surface area contributed by atoms with Gasteiger partial charge in [0.05, 0.1) is 19.3 Å². The number of fused-ring (bicyclic) bond motifs is 4. The molecule has 0 atom stereocenters. The maximum atomic E-state index is 12.3. The van der Waals surface area contributed by atoms with Crippen LogP contribution in [0.1, 0.15) is 123 Å². The van der Waals surface area contributed by atoms with Crippen LogP contribution >= 0.6 is 11.3 Å². The first-order chi connectivity index (χ1) is 27.5. The summed E-state index contributed by atoms with van der Waals surface area (Å²) in [6.45, 7) is 37.9. The van der Waals surface area contributed by atoms with Gasteiger partial charge in [0, 0.05) is 58.5 Å². The van der Waals surface area contributed by atoms with Crippen molar-refractivity contribution in [3.05, 3.63) is 78.3 Å². The number of carbonyl (C=O) groups excluding carboxylic acids is 1. The molecule has 7 heteroatoms. The van der Waals surface area contributed by atoms with Crippen LogP contribution in [-0.4, -0.2) is 28.9 Å². The number of allylic oxidation sites excluding steroid dienone is 2. The van der Waals surface area contributed by atoms with Gasteiger partial charge in [0.15, 0.2) is 5.78 Å². The molecule has 5 aromatic rings. The van der Waals surface area contributed by atoms with Gasteiger partial charge < -0.3 is 5.11 Å². The van der Waals surface area contributed by atoms with Crippen LogP contribution in [0, 0.1) is 59.3 Å². The van der Waals surface area contributed by atoms with Crippen LogP contribution in [0.4, 0.5) is 0 Å². The third-order valence-corrected chi connectivity index (χ3v) is 19.4. The van der Waals surface area contributed by atoms with E-state index in [1.165, 1.54) is 49.9 Å². The molecule has 0 saturated heterocycles. The van der Waals surface area contributed by atoms with E-state index in [0.717, 1.165) is 22.2 Å². The van der Waals surface area contributed by atoms with Crippen molar-refractivity contribution in [2.75, 3.05) is 0 Å². The Labute approximate surface area is 383 Å². The van der Waals surface area contributed by atoms with E-state index in [9.17, 15) is 9.90 Å². The number of carbonyl (C=O) groups is 1. The van der Waals surface area contributed by atoms with Crippen LogP contribution in [0.5, 0.6) is 0 Å². The monoisotopic (exact) mass is 1030 g/mol. The zero-order valence-electron chi connectivity index (χ0n) is 40.1. The number of thiophene rings is 1. The number of aliphatic hydroxyl groups excluding tert-OH is 1. The minimum Gasteiger partial charge on any atom is -0.512 e. The Hall–Kier alpha value is -2.70. The van der Waals surface area contributed by atoms with Crippen molar-refractivity contribution in [3.8, 4) is 11.3 Å². The number of hydrogen-bond donors (Lipinski definition) is 1. The van der Waals surface area contributed by atoms with E-state index < -0.39 is 8.07 Å². The zero-order valence-corrected chi connectivity index (χ0v) is 44.3. The van der Waals surface area contributed by atoms with E-state index in [1.54, 1.807) is 11.5 Å². The van der Waals surface area contributed by atoms with Gasteiger partial charge in [-0.05, 0) is 52.9 Å². The summed E-state index contributed by atoms with van der Waals surface area (Å²) in [6.07, 6.45) is 3.22. The number of aliphatic hydroxyl groups is 1. The van der Waals surface area contributed by atoms with E-state index in [-0.39, 0.29) is 48.9 Å². The first-order valence-corrected chi connectivity index (χ1v) is 26.0. The first-order valence-electron chi connectivity index (χ1n) is 22.5. The molecular formula is C53H77IrN2O2SSi-. The van der Waals surface area contributed by atoms with E-state index in [1.807, 2.05) is 11.3 Å². The standard InChI is InChI=1S/C36H45N2SSi.C17H32O2.Ir/c1-23(2)19-40(20-24(3)4,21-25(5)6)28-14-15-30-32(18-28)39-35-33(37-22-38-34(30)35)27-16-26-12-10-11-13-29(26)31(17-27)36(7,8)9;1-10(2)16(11(3)4)14(18)9-15(19)17(12(5)6)13(7)8;/h10-15,17-18,22-25H,19-21H2,1-9H3;9-13,16-18H,1-8H3;/q-1;;/b;14-9-;. The molecule has 5 rings (SSSR count). The van der Waals surface area contributed by atoms with E-state index >= 15 is 0 Å². The second-order valence-corrected chi connectivity index (χ2v) is 26.6. The van der Waals surface area contributed by atoms with Crippen molar-refractivity contribution < 1.29 is 30.0 Å². The summed E-state index contributed by atoms with van der Waals surface area (Å²) in [5, 5.41) is 15.6. The molecule has 0 spiro atoms. The Kier molecular flexibility index (Phi) is 18.6. The van der Waals surface area contributed by atoms with Gasteiger partial charge in [-0.2, -0.15) is 0 Å². The first kappa shape index (κ1) is 51.6. The molecule has 2 heterocycles. The van der Waals surface area contributed by atoms with Crippen LogP contribution < -0.4 is 5.19 Å². The largest absolute Gasteiger partial charge is 0.512 e. The molecule has 4 nitrogen and oxygen atoms in total. The Morgan fingerprint density at radius 3 is 1.77 bits per heavy atom. The fraction of sp³-hybridized carbons (Fsp3) is 0.566. The molecule has 0 bridgehead atoms.